The van der Waals surface area contributed by atoms with Crippen molar-refractivity contribution in [2.24, 2.45) is 16.2 Å². The first-order valence-electron chi connectivity index (χ1n) is 16.9. The summed E-state index contributed by atoms with van der Waals surface area (Å²) in [5.41, 5.74) is 1.86. The van der Waals surface area contributed by atoms with E-state index in [0.717, 1.165) is 28.7 Å². The average molecular weight is 643 g/mol. The molecule has 0 aromatic heterocycles. The summed E-state index contributed by atoms with van der Waals surface area (Å²) in [4.78, 5) is 24.6. The number of esters is 1. The zero-order chi connectivity index (χ0) is 35.3. The predicted molar refractivity (Wildman–Crippen MR) is 194 cm³/mol. The van der Waals surface area contributed by atoms with Crippen LogP contribution in [0, 0.1) is 16.2 Å². The molecule has 3 fully saturated rings. The summed E-state index contributed by atoms with van der Waals surface area (Å²) in [6.45, 7) is 22.0. The quantitative estimate of drug-likeness (QED) is 0.130. The second-order valence-electron chi connectivity index (χ2n) is 15.7. The molecule has 1 unspecified atom stereocenters. The minimum Gasteiger partial charge on any atom is -0.463 e. The van der Waals surface area contributed by atoms with Gasteiger partial charge >= 0.3 is 5.97 Å². The molecule has 2 heterocycles. The molecule has 5 heteroatoms. The van der Waals surface area contributed by atoms with Crippen LogP contribution in [0.1, 0.15) is 102 Å². The lowest BCUT2D eigenvalue weighted by atomic mass is 9.61. The number of fused-ring (bicyclic) bond motifs is 2. The molecule has 0 spiro atoms. The molecule has 2 saturated heterocycles. The van der Waals surface area contributed by atoms with E-state index >= 15 is 0 Å². The molecule has 1 aliphatic carbocycles. The van der Waals surface area contributed by atoms with Gasteiger partial charge in [-0.15, -0.1) is 0 Å². The molecule has 2 bridgehead atoms. The number of ketones is 1. The van der Waals surface area contributed by atoms with Gasteiger partial charge in [-0.05, 0) is 71.4 Å². The third kappa shape index (κ3) is 9.00. The summed E-state index contributed by atoms with van der Waals surface area (Å²) < 4.78 is 11.7. The van der Waals surface area contributed by atoms with Crippen LogP contribution in [0.15, 0.2) is 107 Å². The molecule has 0 radical (unpaired) electrons. The summed E-state index contributed by atoms with van der Waals surface area (Å²) >= 11 is 0. The Bertz CT molecular complexity index is 1450. The molecule has 1 saturated carbocycles. The zero-order valence-electron chi connectivity index (χ0n) is 30.6. The highest BCUT2D eigenvalue weighted by atomic mass is 16.5. The standard InChI is InChI=1S/C42H58O5/c1-30(18-14-20-32(3)22-23-37(44)40(10)28-35(46-34(5)43)26-38(40,6)7)16-12-13-17-31(2)19-15-21-33(4)24-25-42-39(8,9)27-36(47-42)29-41(42,11)45/h12-25,35-36,45H,26-29H2,1-11H3/b13-12+,18-14+,19-15+,23-22+,25-24+,30-16+,31-17+,32-20+,33-21+/t35-,36-,40-,41+,42?/m0/s1. The molecule has 3 rings (SSSR count). The van der Waals surface area contributed by atoms with E-state index in [1.54, 1.807) is 6.08 Å². The Morgan fingerprint density at radius 3 is 1.66 bits per heavy atom. The van der Waals surface area contributed by atoms with Crippen LogP contribution >= 0.6 is 0 Å². The van der Waals surface area contributed by atoms with E-state index < -0.39 is 16.6 Å². The van der Waals surface area contributed by atoms with Crippen molar-refractivity contribution < 1.29 is 24.2 Å². The van der Waals surface area contributed by atoms with Gasteiger partial charge in [0.1, 0.15) is 11.7 Å². The fourth-order valence-electron chi connectivity index (χ4n) is 7.52. The van der Waals surface area contributed by atoms with Crippen LogP contribution in [-0.2, 0) is 19.1 Å². The van der Waals surface area contributed by atoms with Gasteiger partial charge in [0, 0.05) is 24.2 Å². The van der Waals surface area contributed by atoms with Crippen LogP contribution in [0.25, 0.3) is 0 Å². The Morgan fingerprint density at radius 2 is 1.15 bits per heavy atom. The molecule has 5 atom stereocenters. The van der Waals surface area contributed by atoms with Crippen LogP contribution < -0.4 is 0 Å². The maximum Gasteiger partial charge on any atom is 0.302 e. The van der Waals surface area contributed by atoms with Crippen LogP contribution in [0.2, 0.25) is 0 Å². The van der Waals surface area contributed by atoms with Crippen LogP contribution in [0.3, 0.4) is 0 Å². The number of aliphatic hydroxyl groups is 1. The van der Waals surface area contributed by atoms with Gasteiger partial charge in [-0.2, -0.15) is 0 Å². The first kappa shape index (κ1) is 38.2. The normalized spacial score (nSPS) is 33.1. The van der Waals surface area contributed by atoms with E-state index in [0.29, 0.717) is 19.3 Å². The lowest BCUT2D eigenvalue weighted by molar-refractivity contribution is -0.146. The van der Waals surface area contributed by atoms with E-state index in [1.165, 1.54) is 6.92 Å². The lowest BCUT2D eigenvalue weighted by Crippen LogP contribution is -2.56. The summed E-state index contributed by atoms with van der Waals surface area (Å²) in [5, 5.41) is 11.1. The topological polar surface area (TPSA) is 72.8 Å². The first-order chi connectivity index (χ1) is 21.7. The van der Waals surface area contributed by atoms with Crippen LogP contribution in [0.5, 0.6) is 0 Å². The maximum atomic E-state index is 13.2. The molecule has 0 aromatic rings. The number of carbonyl (C=O) groups excluding carboxylic acids is 2. The predicted octanol–water partition coefficient (Wildman–Crippen LogP) is 9.59. The Kier molecular flexibility index (Phi) is 12.1. The van der Waals surface area contributed by atoms with Gasteiger partial charge in [0.05, 0.1) is 11.7 Å². The van der Waals surface area contributed by atoms with Crippen molar-refractivity contribution >= 4 is 11.8 Å². The smallest absolute Gasteiger partial charge is 0.302 e. The largest absolute Gasteiger partial charge is 0.463 e. The second-order valence-corrected chi connectivity index (χ2v) is 15.7. The van der Waals surface area contributed by atoms with Crippen molar-refractivity contribution in [3.8, 4) is 0 Å². The van der Waals surface area contributed by atoms with Crippen molar-refractivity contribution in [3.63, 3.8) is 0 Å². The third-order valence-corrected chi connectivity index (χ3v) is 10.6. The van der Waals surface area contributed by atoms with Gasteiger partial charge in [-0.25, -0.2) is 0 Å². The number of hydrogen-bond acceptors (Lipinski definition) is 5. The van der Waals surface area contributed by atoms with Gasteiger partial charge < -0.3 is 14.6 Å². The van der Waals surface area contributed by atoms with Crippen molar-refractivity contribution in [2.75, 3.05) is 0 Å². The van der Waals surface area contributed by atoms with E-state index in [9.17, 15) is 14.7 Å². The Hall–Kier alpha value is -3.28. The van der Waals surface area contributed by atoms with Gasteiger partial charge in [-0.1, -0.05) is 130 Å². The third-order valence-electron chi connectivity index (χ3n) is 10.6. The average Bonchev–Trinajstić information content (AvgIpc) is 3.46. The number of rotatable bonds is 12. The van der Waals surface area contributed by atoms with Gasteiger partial charge in [-0.3, -0.25) is 9.59 Å². The Morgan fingerprint density at radius 1 is 0.638 bits per heavy atom. The molecule has 5 nitrogen and oxygen atoms in total. The van der Waals surface area contributed by atoms with E-state index in [-0.39, 0.29) is 34.8 Å². The number of carbonyl (C=O) groups is 2. The second kappa shape index (κ2) is 14.9. The highest BCUT2D eigenvalue weighted by Crippen LogP contribution is 2.60. The summed E-state index contributed by atoms with van der Waals surface area (Å²) in [5.74, 6) is -0.231. The molecular formula is C42H58O5. The number of allylic oxidation sites excluding steroid dienone is 17. The molecule has 0 aromatic carbocycles. The fraction of sp³-hybridized carbons (Fsp3) is 0.524. The molecular weight excluding hydrogens is 584 g/mol. The van der Waals surface area contributed by atoms with Crippen molar-refractivity contribution in [2.45, 2.75) is 125 Å². The molecule has 2 aliphatic heterocycles. The highest BCUT2D eigenvalue weighted by molar-refractivity contribution is 5.96. The van der Waals surface area contributed by atoms with Crippen LogP contribution in [0.4, 0.5) is 0 Å². The summed E-state index contributed by atoms with van der Waals surface area (Å²) in [6.07, 6.45) is 30.8. The fourth-order valence-corrected chi connectivity index (χ4v) is 7.52. The minimum atomic E-state index is -0.860. The first-order valence-corrected chi connectivity index (χ1v) is 16.9. The summed E-state index contributed by atoms with van der Waals surface area (Å²) in [7, 11) is 0. The van der Waals surface area contributed by atoms with Crippen molar-refractivity contribution in [3.05, 3.63) is 107 Å². The van der Waals surface area contributed by atoms with E-state index in [4.69, 9.17) is 9.47 Å². The van der Waals surface area contributed by atoms with E-state index in [1.807, 2.05) is 70.2 Å². The van der Waals surface area contributed by atoms with Crippen molar-refractivity contribution in [1.82, 2.24) is 0 Å². The molecule has 47 heavy (non-hydrogen) atoms. The van der Waals surface area contributed by atoms with Crippen molar-refractivity contribution in [1.29, 1.82) is 0 Å². The Labute approximate surface area is 284 Å². The number of ether oxygens (including phenoxy) is 2. The lowest BCUT2D eigenvalue weighted by Gasteiger charge is -2.46. The van der Waals surface area contributed by atoms with Gasteiger partial charge in [0.25, 0.3) is 0 Å². The molecule has 3 aliphatic rings. The van der Waals surface area contributed by atoms with E-state index in [2.05, 4.69) is 78.0 Å². The Balaban J connectivity index is 1.50. The molecule has 256 valence electrons. The summed E-state index contributed by atoms with van der Waals surface area (Å²) in [6, 6.07) is 0. The zero-order valence-corrected chi connectivity index (χ0v) is 30.6. The van der Waals surface area contributed by atoms with Gasteiger partial charge in [0.15, 0.2) is 5.78 Å². The maximum absolute atomic E-state index is 13.2. The molecule has 0 amide bonds. The highest BCUT2D eigenvalue weighted by Gasteiger charge is 2.67. The monoisotopic (exact) mass is 642 g/mol. The minimum absolute atomic E-state index is 0.0661. The van der Waals surface area contributed by atoms with Crippen LogP contribution in [-0.4, -0.2) is 40.3 Å². The molecule has 1 N–H and O–H groups in total. The van der Waals surface area contributed by atoms with Gasteiger partial charge in [0.2, 0.25) is 0 Å². The SMILES string of the molecule is CC(=O)O[C@H]1CC(C)(C)[C@](C)(C(=O)/C=C/C(C)=C/C=C/C(C)=C/C=C/C=C(C)/C=C/C=C(C)/C=C/C23O[C@@H](CC2(C)C)C[C@@]3(C)O)C1. The number of hydrogen-bond donors (Lipinski definition) is 1.